The number of unbranched alkanes of at least 4 members (excludes halogenated alkanes) is 5. The molecule has 0 aliphatic heterocycles. The second kappa shape index (κ2) is 11.0. The minimum atomic E-state index is -1.23. The largest absolute Gasteiger partial charge is 0.506 e. The van der Waals surface area contributed by atoms with Gasteiger partial charge in [0.15, 0.2) is 0 Å². The summed E-state index contributed by atoms with van der Waals surface area (Å²) < 4.78 is 5.12. The summed E-state index contributed by atoms with van der Waals surface area (Å²) >= 11 is 0. The van der Waals surface area contributed by atoms with Crippen LogP contribution in [0.4, 0.5) is 4.79 Å². The van der Waals surface area contributed by atoms with E-state index in [2.05, 4.69) is 13.0 Å². The van der Waals surface area contributed by atoms with Gasteiger partial charge in [-0.1, -0.05) is 75.4 Å². The molecule has 1 unspecified atom stereocenters. The molecule has 0 saturated carbocycles. The Morgan fingerprint density at radius 2 is 1.52 bits per heavy atom. The zero-order valence-corrected chi connectivity index (χ0v) is 15.9. The van der Waals surface area contributed by atoms with Crippen LogP contribution < -0.4 is 0 Å². The van der Waals surface area contributed by atoms with Crippen LogP contribution in [0.15, 0.2) is 48.5 Å². The quantitative estimate of drug-likeness (QED) is 0.375. The molecule has 2 aromatic carbocycles. The van der Waals surface area contributed by atoms with Crippen molar-refractivity contribution in [1.82, 2.24) is 0 Å². The van der Waals surface area contributed by atoms with Gasteiger partial charge in [-0.2, -0.15) is 5.26 Å². The molecule has 1 N–H and O–H groups in total. The number of ether oxygens (including phenoxy) is 1. The maximum Gasteiger partial charge on any atom is 0.506 e. The first-order chi connectivity index (χ1) is 13.1. The van der Waals surface area contributed by atoms with E-state index >= 15 is 0 Å². The van der Waals surface area contributed by atoms with E-state index in [0.29, 0.717) is 12.0 Å². The Morgan fingerprint density at radius 1 is 0.963 bits per heavy atom. The smallest absolute Gasteiger partial charge is 0.450 e. The highest BCUT2D eigenvalue weighted by Crippen LogP contribution is 2.27. The standard InChI is InChI=1S/C23H27NO3/c1-2-3-4-5-6-7-8-22(27-23(25)26)21-15-13-20(14-16-21)19-11-9-18(17-24)10-12-19/h9-16,22H,2-8H2,1H3,(H,25,26). The van der Waals surface area contributed by atoms with Crippen LogP contribution in [0.25, 0.3) is 11.1 Å². The first kappa shape index (κ1) is 20.5. The number of benzene rings is 2. The van der Waals surface area contributed by atoms with Crippen molar-refractivity contribution in [1.29, 1.82) is 5.26 Å². The number of hydrogen-bond donors (Lipinski definition) is 1. The monoisotopic (exact) mass is 365 g/mol. The Labute approximate surface area is 161 Å². The summed E-state index contributed by atoms with van der Waals surface area (Å²) in [4.78, 5) is 11.1. The first-order valence-corrected chi connectivity index (χ1v) is 9.64. The maximum atomic E-state index is 11.1. The van der Waals surface area contributed by atoms with Crippen LogP contribution in [0.5, 0.6) is 0 Å². The van der Waals surface area contributed by atoms with Crippen molar-refractivity contribution in [2.45, 2.75) is 58.0 Å². The summed E-state index contributed by atoms with van der Waals surface area (Å²) in [6.07, 6.45) is 6.00. The summed E-state index contributed by atoms with van der Waals surface area (Å²) in [5.41, 5.74) is 3.55. The van der Waals surface area contributed by atoms with Crippen molar-refractivity contribution in [3.8, 4) is 17.2 Å². The van der Waals surface area contributed by atoms with Gasteiger partial charge in [-0.25, -0.2) is 4.79 Å². The third-order valence-corrected chi connectivity index (χ3v) is 4.69. The van der Waals surface area contributed by atoms with E-state index in [4.69, 9.17) is 15.1 Å². The molecule has 0 heterocycles. The van der Waals surface area contributed by atoms with Gasteiger partial charge in [-0.05, 0) is 41.7 Å². The molecule has 1 atom stereocenters. The van der Waals surface area contributed by atoms with Gasteiger partial charge in [-0.3, -0.25) is 0 Å². The van der Waals surface area contributed by atoms with Gasteiger partial charge in [0.1, 0.15) is 6.10 Å². The zero-order valence-electron chi connectivity index (χ0n) is 15.9. The Morgan fingerprint density at radius 3 is 2.07 bits per heavy atom. The molecule has 4 nitrogen and oxygen atoms in total. The number of rotatable bonds is 10. The number of nitrogens with zero attached hydrogens (tertiary/aromatic N) is 1. The Kier molecular flexibility index (Phi) is 8.38. The topological polar surface area (TPSA) is 70.3 Å². The molecular weight excluding hydrogens is 338 g/mol. The Hall–Kier alpha value is -2.80. The van der Waals surface area contributed by atoms with Crippen molar-refractivity contribution in [2.24, 2.45) is 0 Å². The van der Waals surface area contributed by atoms with E-state index in [9.17, 15) is 4.79 Å². The lowest BCUT2D eigenvalue weighted by atomic mass is 9.98. The van der Waals surface area contributed by atoms with Gasteiger partial charge in [0.05, 0.1) is 11.6 Å². The van der Waals surface area contributed by atoms with Crippen LogP contribution in [0.3, 0.4) is 0 Å². The molecule has 142 valence electrons. The highest BCUT2D eigenvalue weighted by atomic mass is 16.7. The van der Waals surface area contributed by atoms with Crippen LogP contribution in [0.1, 0.15) is 69.1 Å². The minimum Gasteiger partial charge on any atom is -0.450 e. The van der Waals surface area contributed by atoms with Gasteiger partial charge in [0, 0.05) is 0 Å². The molecule has 0 aromatic heterocycles. The molecule has 0 saturated heterocycles. The van der Waals surface area contributed by atoms with E-state index in [0.717, 1.165) is 29.5 Å². The summed E-state index contributed by atoms with van der Waals surface area (Å²) in [7, 11) is 0. The van der Waals surface area contributed by atoms with E-state index in [-0.39, 0.29) is 0 Å². The molecule has 2 rings (SSSR count). The van der Waals surface area contributed by atoms with E-state index in [1.54, 1.807) is 12.1 Å². The SMILES string of the molecule is CCCCCCCCC(OC(=O)O)c1ccc(-c2ccc(C#N)cc2)cc1. The van der Waals surface area contributed by atoms with E-state index in [1.165, 1.54) is 25.7 Å². The van der Waals surface area contributed by atoms with Crippen LogP contribution in [-0.4, -0.2) is 11.3 Å². The second-order valence-corrected chi connectivity index (χ2v) is 6.74. The fourth-order valence-corrected chi connectivity index (χ4v) is 3.15. The van der Waals surface area contributed by atoms with Crippen molar-refractivity contribution in [2.75, 3.05) is 0 Å². The molecule has 0 aliphatic carbocycles. The molecular formula is C23H27NO3. The summed E-state index contributed by atoms with van der Waals surface area (Å²) in [6, 6.07) is 17.3. The molecule has 0 aliphatic rings. The summed E-state index contributed by atoms with van der Waals surface area (Å²) in [5.74, 6) is 0. The Bertz CT molecular complexity index is 745. The minimum absolute atomic E-state index is 0.427. The molecule has 0 spiro atoms. The summed E-state index contributed by atoms with van der Waals surface area (Å²) in [5, 5.41) is 17.9. The van der Waals surface area contributed by atoms with Crippen molar-refractivity contribution < 1.29 is 14.6 Å². The molecule has 0 amide bonds. The highest BCUT2D eigenvalue weighted by Gasteiger charge is 2.16. The normalized spacial score (nSPS) is 11.6. The number of hydrogen-bond acceptors (Lipinski definition) is 3. The van der Waals surface area contributed by atoms with Gasteiger partial charge in [0.2, 0.25) is 0 Å². The lowest BCUT2D eigenvalue weighted by Gasteiger charge is -2.17. The first-order valence-electron chi connectivity index (χ1n) is 9.64. The maximum absolute atomic E-state index is 11.1. The number of carbonyl (C=O) groups is 1. The molecule has 0 radical (unpaired) electrons. The zero-order chi connectivity index (χ0) is 19.5. The fraction of sp³-hybridized carbons (Fsp3) is 0.391. The van der Waals surface area contributed by atoms with Gasteiger partial charge in [0.25, 0.3) is 0 Å². The molecule has 0 bridgehead atoms. The predicted molar refractivity (Wildman–Crippen MR) is 106 cm³/mol. The number of carboxylic acid groups (broad SMARTS) is 1. The van der Waals surface area contributed by atoms with Gasteiger partial charge < -0.3 is 9.84 Å². The third kappa shape index (κ3) is 6.79. The lowest BCUT2D eigenvalue weighted by Crippen LogP contribution is -2.09. The highest BCUT2D eigenvalue weighted by molar-refractivity contribution is 5.64. The molecule has 27 heavy (non-hydrogen) atoms. The van der Waals surface area contributed by atoms with Crippen molar-refractivity contribution in [3.05, 3.63) is 59.7 Å². The van der Waals surface area contributed by atoms with Crippen LogP contribution in [0.2, 0.25) is 0 Å². The van der Waals surface area contributed by atoms with Gasteiger partial charge in [-0.15, -0.1) is 0 Å². The lowest BCUT2D eigenvalue weighted by molar-refractivity contribution is 0.0464. The third-order valence-electron chi connectivity index (χ3n) is 4.69. The molecule has 4 heteroatoms. The molecule has 2 aromatic rings. The molecule has 0 fully saturated rings. The second-order valence-electron chi connectivity index (χ2n) is 6.74. The van der Waals surface area contributed by atoms with Gasteiger partial charge >= 0.3 is 6.16 Å². The predicted octanol–water partition coefficient (Wildman–Crippen LogP) is 6.71. The average Bonchev–Trinajstić information content (AvgIpc) is 2.69. The van der Waals surface area contributed by atoms with E-state index < -0.39 is 12.3 Å². The Balaban J connectivity index is 2.00. The van der Waals surface area contributed by atoms with Crippen LogP contribution in [-0.2, 0) is 4.74 Å². The van der Waals surface area contributed by atoms with Crippen LogP contribution in [0, 0.1) is 11.3 Å². The number of nitriles is 1. The van der Waals surface area contributed by atoms with Crippen molar-refractivity contribution in [3.63, 3.8) is 0 Å². The van der Waals surface area contributed by atoms with Crippen molar-refractivity contribution >= 4 is 6.16 Å². The summed E-state index contributed by atoms with van der Waals surface area (Å²) in [6.45, 7) is 2.19. The average molecular weight is 365 g/mol. The van der Waals surface area contributed by atoms with E-state index in [1.807, 2.05) is 36.4 Å². The van der Waals surface area contributed by atoms with Crippen LogP contribution >= 0.6 is 0 Å². The fourth-order valence-electron chi connectivity index (χ4n) is 3.15.